The molecule has 0 spiro atoms. The standard InChI is InChI=1S/C20H18BrNO3/c1-3-25-19-11-14(16(21)12-18(19)24-2)8-10-15-9-7-13-5-4-6-17(23)20(13)22-15/h4-12,23H,3H2,1-2H3/b10-8+. The van der Waals surface area contributed by atoms with Crippen LogP contribution < -0.4 is 9.47 Å². The second kappa shape index (κ2) is 7.57. The van der Waals surface area contributed by atoms with Crippen molar-refractivity contribution < 1.29 is 14.6 Å². The van der Waals surface area contributed by atoms with Gasteiger partial charge in [-0.1, -0.05) is 40.2 Å². The molecule has 3 aromatic rings. The number of hydrogen-bond donors (Lipinski definition) is 1. The summed E-state index contributed by atoms with van der Waals surface area (Å²) in [4.78, 5) is 4.50. The van der Waals surface area contributed by atoms with E-state index in [1.807, 2.05) is 49.4 Å². The number of benzene rings is 2. The monoisotopic (exact) mass is 399 g/mol. The van der Waals surface area contributed by atoms with E-state index in [1.165, 1.54) is 0 Å². The Hall–Kier alpha value is -2.53. The zero-order valence-electron chi connectivity index (χ0n) is 14.0. The van der Waals surface area contributed by atoms with Crippen LogP contribution in [0.1, 0.15) is 18.2 Å². The number of nitrogens with zero attached hydrogens (tertiary/aromatic N) is 1. The number of phenols is 1. The summed E-state index contributed by atoms with van der Waals surface area (Å²) in [6.07, 6.45) is 3.84. The third-order valence-electron chi connectivity index (χ3n) is 3.74. The molecule has 1 aromatic heterocycles. The Morgan fingerprint density at radius 1 is 1.12 bits per heavy atom. The van der Waals surface area contributed by atoms with Gasteiger partial charge in [0, 0.05) is 9.86 Å². The lowest BCUT2D eigenvalue weighted by Crippen LogP contribution is -1.96. The van der Waals surface area contributed by atoms with Crippen LogP contribution in [0.2, 0.25) is 0 Å². The number of fused-ring (bicyclic) bond motifs is 1. The van der Waals surface area contributed by atoms with Gasteiger partial charge in [-0.3, -0.25) is 0 Å². The van der Waals surface area contributed by atoms with Crippen molar-refractivity contribution in [3.63, 3.8) is 0 Å². The summed E-state index contributed by atoms with van der Waals surface area (Å²) >= 11 is 3.55. The van der Waals surface area contributed by atoms with Crippen LogP contribution in [0, 0.1) is 0 Å². The molecule has 1 heterocycles. The molecule has 0 aliphatic carbocycles. The summed E-state index contributed by atoms with van der Waals surface area (Å²) in [7, 11) is 1.62. The fourth-order valence-electron chi connectivity index (χ4n) is 2.52. The Bertz CT molecular complexity index is 938. The molecule has 3 rings (SSSR count). The minimum absolute atomic E-state index is 0.178. The molecule has 0 aliphatic heterocycles. The number of aromatic hydroxyl groups is 1. The van der Waals surface area contributed by atoms with Gasteiger partial charge >= 0.3 is 0 Å². The minimum atomic E-state index is 0.178. The molecule has 0 saturated heterocycles. The van der Waals surface area contributed by atoms with Crippen LogP contribution in [0.15, 0.2) is 46.9 Å². The first kappa shape index (κ1) is 17.3. The minimum Gasteiger partial charge on any atom is -0.506 e. The summed E-state index contributed by atoms with van der Waals surface area (Å²) in [6.45, 7) is 2.50. The number of methoxy groups -OCH3 is 1. The van der Waals surface area contributed by atoms with E-state index in [2.05, 4.69) is 20.9 Å². The zero-order chi connectivity index (χ0) is 17.8. The smallest absolute Gasteiger partial charge is 0.161 e. The predicted octanol–water partition coefficient (Wildman–Crippen LogP) is 5.28. The summed E-state index contributed by atoms with van der Waals surface area (Å²) in [5.74, 6) is 1.55. The summed E-state index contributed by atoms with van der Waals surface area (Å²) in [5, 5.41) is 10.9. The molecule has 2 aromatic carbocycles. The molecule has 0 atom stereocenters. The molecule has 0 fully saturated rings. The molecule has 0 radical (unpaired) electrons. The Balaban J connectivity index is 1.96. The van der Waals surface area contributed by atoms with E-state index in [4.69, 9.17) is 9.47 Å². The average Bonchev–Trinajstić information content (AvgIpc) is 2.62. The van der Waals surface area contributed by atoms with Gasteiger partial charge in [-0.05, 0) is 42.8 Å². The van der Waals surface area contributed by atoms with Gasteiger partial charge < -0.3 is 14.6 Å². The number of hydrogen-bond acceptors (Lipinski definition) is 4. The molecule has 0 saturated carbocycles. The third-order valence-corrected chi connectivity index (χ3v) is 4.42. The summed E-state index contributed by atoms with van der Waals surface area (Å²) in [6, 6.07) is 13.0. The summed E-state index contributed by atoms with van der Waals surface area (Å²) in [5.41, 5.74) is 2.30. The van der Waals surface area contributed by atoms with Gasteiger partial charge in [-0.15, -0.1) is 0 Å². The first-order chi connectivity index (χ1) is 12.1. The number of ether oxygens (including phenoxy) is 2. The second-order valence-electron chi connectivity index (χ2n) is 5.38. The van der Waals surface area contributed by atoms with Gasteiger partial charge in [0.1, 0.15) is 11.3 Å². The van der Waals surface area contributed by atoms with Crippen LogP contribution in [0.25, 0.3) is 23.1 Å². The maximum Gasteiger partial charge on any atom is 0.161 e. The van der Waals surface area contributed by atoms with E-state index in [0.717, 1.165) is 21.1 Å². The molecule has 0 unspecified atom stereocenters. The van der Waals surface area contributed by atoms with Crippen LogP contribution in [-0.2, 0) is 0 Å². The van der Waals surface area contributed by atoms with E-state index in [0.29, 0.717) is 23.6 Å². The van der Waals surface area contributed by atoms with E-state index < -0.39 is 0 Å². The third kappa shape index (κ3) is 3.77. The Morgan fingerprint density at radius 2 is 1.96 bits per heavy atom. The Labute approximate surface area is 154 Å². The quantitative estimate of drug-likeness (QED) is 0.633. The molecule has 0 amide bonds. The predicted molar refractivity (Wildman–Crippen MR) is 104 cm³/mol. The van der Waals surface area contributed by atoms with Crippen LogP contribution in [-0.4, -0.2) is 23.8 Å². The maximum atomic E-state index is 9.95. The number of aromatic nitrogens is 1. The highest BCUT2D eigenvalue weighted by Gasteiger charge is 2.08. The summed E-state index contributed by atoms with van der Waals surface area (Å²) < 4.78 is 11.9. The largest absolute Gasteiger partial charge is 0.506 e. The van der Waals surface area contributed by atoms with Crippen LogP contribution in [0.4, 0.5) is 0 Å². The molecule has 128 valence electrons. The highest BCUT2D eigenvalue weighted by atomic mass is 79.9. The fraction of sp³-hybridized carbons (Fsp3) is 0.150. The van der Waals surface area contributed by atoms with Crippen molar-refractivity contribution in [2.75, 3.05) is 13.7 Å². The maximum absolute atomic E-state index is 9.95. The molecule has 0 bridgehead atoms. The van der Waals surface area contributed by atoms with Crippen molar-refractivity contribution in [2.24, 2.45) is 0 Å². The molecule has 5 heteroatoms. The molecular weight excluding hydrogens is 382 g/mol. The number of para-hydroxylation sites is 1. The van der Waals surface area contributed by atoms with Crippen LogP contribution in [0.5, 0.6) is 17.2 Å². The second-order valence-corrected chi connectivity index (χ2v) is 6.23. The van der Waals surface area contributed by atoms with Crippen molar-refractivity contribution in [3.05, 3.63) is 58.2 Å². The van der Waals surface area contributed by atoms with Crippen LogP contribution in [0.3, 0.4) is 0 Å². The lowest BCUT2D eigenvalue weighted by Gasteiger charge is -2.11. The fourth-order valence-corrected chi connectivity index (χ4v) is 2.98. The number of phenolic OH excluding ortho intramolecular Hbond substituents is 1. The van der Waals surface area contributed by atoms with E-state index >= 15 is 0 Å². The van der Waals surface area contributed by atoms with Gasteiger partial charge in [0.25, 0.3) is 0 Å². The highest BCUT2D eigenvalue weighted by molar-refractivity contribution is 9.10. The van der Waals surface area contributed by atoms with Gasteiger partial charge in [0.05, 0.1) is 19.4 Å². The first-order valence-electron chi connectivity index (χ1n) is 7.89. The number of halogens is 1. The molecule has 4 nitrogen and oxygen atoms in total. The van der Waals surface area contributed by atoms with Gasteiger partial charge in [-0.25, -0.2) is 4.98 Å². The van der Waals surface area contributed by atoms with Crippen molar-refractivity contribution in [3.8, 4) is 17.2 Å². The van der Waals surface area contributed by atoms with E-state index in [9.17, 15) is 5.11 Å². The van der Waals surface area contributed by atoms with E-state index in [1.54, 1.807) is 19.2 Å². The SMILES string of the molecule is CCOc1cc(/C=C/c2ccc3cccc(O)c3n2)c(Br)cc1OC. The Kier molecular flexibility index (Phi) is 5.24. The Morgan fingerprint density at radius 3 is 2.72 bits per heavy atom. The first-order valence-corrected chi connectivity index (χ1v) is 8.69. The average molecular weight is 400 g/mol. The van der Waals surface area contributed by atoms with Crippen LogP contribution >= 0.6 is 15.9 Å². The van der Waals surface area contributed by atoms with Crippen molar-refractivity contribution >= 4 is 39.0 Å². The zero-order valence-corrected chi connectivity index (χ0v) is 15.6. The van der Waals surface area contributed by atoms with E-state index in [-0.39, 0.29) is 5.75 Å². The lowest BCUT2D eigenvalue weighted by molar-refractivity contribution is 0.310. The van der Waals surface area contributed by atoms with Crippen molar-refractivity contribution in [2.45, 2.75) is 6.92 Å². The number of rotatable bonds is 5. The lowest BCUT2D eigenvalue weighted by atomic mass is 10.1. The van der Waals surface area contributed by atoms with Crippen molar-refractivity contribution in [1.82, 2.24) is 4.98 Å². The topological polar surface area (TPSA) is 51.6 Å². The van der Waals surface area contributed by atoms with Gasteiger partial charge in [-0.2, -0.15) is 0 Å². The molecular formula is C20H18BrNO3. The van der Waals surface area contributed by atoms with Gasteiger partial charge in [0.2, 0.25) is 0 Å². The normalized spacial score (nSPS) is 11.2. The number of pyridine rings is 1. The highest BCUT2D eigenvalue weighted by Crippen LogP contribution is 2.34. The van der Waals surface area contributed by atoms with Gasteiger partial charge in [0.15, 0.2) is 11.5 Å². The molecule has 0 aliphatic rings. The molecule has 25 heavy (non-hydrogen) atoms. The molecule has 1 N–H and O–H groups in total. The van der Waals surface area contributed by atoms with Crippen molar-refractivity contribution in [1.29, 1.82) is 0 Å².